The molecule has 6 heteroatoms. The predicted molar refractivity (Wildman–Crippen MR) is 98.7 cm³/mol. The van der Waals surface area contributed by atoms with Gasteiger partial charge in [0.15, 0.2) is 0 Å². The molecule has 1 aliphatic rings. The third-order valence-electron chi connectivity index (χ3n) is 4.72. The first-order valence-corrected chi connectivity index (χ1v) is 8.57. The Kier molecular flexibility index (Phi) is 5.53. The molecule has 1 amide bonds. The lowest BCUT2D eigenvalue weighted by Crippen LogP contribution is -2.39. The number of aliphatic carboxylic acids is 1. The van der Waals surface area contributed by atoms with Crippen LogP contribution in [0.3, 0.4) is 0 Å². The molecule has 3 rings (SSSR count). The fourth-order valence-electron chi connectivity index (χ4n) is 3.31. The van der Waals surface area contributed by atoms with Gasteiger partial charge in [0, 0.05) is 17.8 Å². The lowest BCUT2D eigenvalue weighted by Gasteiger charge is -2.29. The number of carboxylic acid groups (broad SMARTS) is 1. The first-order valence-electron chi connectivity index (χ1n) is 8.57. The summed E-state index contributed by atoms with van der Waals surface area (Å²) in [5.41, 5.74) is 2.12. The first kappa shape index (κ1) is 17.9. The third-order valence-corrected chi connectivity index (χ3v) is 4.72. The largest absolute Gasteiger partial charge is 0.497 e. The Hall–Kier alpha value is -2.86. The van der Waals surface area contributed by atoms with E-state index in [1.807, 2.05) is 24.3 Å². The minimum Gasteiger partial charge on any atom is -0.497 e. The minimum atomic E-state index is -0.796. The summed E-state index contributed by atoms with van der Waals surface area (Å²) in [6.07, 6.45) is 0.757. The molecular weight excluding hydrogens is 332 g/mol. The summed E-state index contributed by atoms with van der Waals surface area (Å²) in [6.45, 7) is 1.25. The molecule has 3 N–H and O–H groups in total. The summed E-state index contributed by atoms with van der Waals surface area (Å²) in [4.78, 5) is 23.9. The minimum absolute atomic E-state index is 0.0633. The Morgan fingerprint density at radius 2 is 1.96 bits per heavy atom. The van der Waals surface area contributed by atoms with E-state index in [0.717, 1.165) is 18.5 Å². The molecule has 26 heavy (non-hydrogen) atoms. The summed E-state index contributed by atoms with van der Waals surface area (Å²) in [6, 6.07) is 14.3. The molecule has 0 aliphatic carbocycles. The van der Waals surface area contributed by atoms with Crippen molar-refractivity contribution in [1.29, 1.82) is 0 Å². The van der Waals surface area contributed by atoms with Gasteiger partial charge in [0.25, 0.3) is 5.91 Å². The second-order valence-corrected chi connectivity index (χ2v) is 6.35. The molecule has 2 aromatic carbocycles. The Balaban J connectivity index is 1.76. The van der Waals surface area contributed by atoms with Crippen molar-refractivity contribution in [2.24, 2.45) is 5.92 Å². The van der Waals surface area contributed by atoms with Crippen molar-refractivity contribution in [1.82, 2.24) is 5.32 Å². The van der Waals surface area contributed by atoms with Crippen LogP contribution in [0, 0.1) is 5.92 Å². The number of hydrogen-bond acceptors (Lipinski definition) is 4. The van der Waals surface area contributed by atoms with Crippen molar-refractivity contribution in [2.45, 2.75) is 12.3 Å². The second kappa shape index (κ2) is 8.01. The quantitative estimate of drug-likeness (QED) is 0.768. The number of methoxy groups -OCH3 is 1. The fourth-order valence-corrected chi connectivity index (χ4v) is 3.31. The lowest BCUT2D eigenvalue weighted by molar-refractivity contribution is -0.142. The van der Waals surface area contributed by atoms with Gasteiger partial charge in [-0.05, 0) is 60.8 Å². The molecule has 0 saturated carbocycles. The monoisotopic (exact) mass is 354 g/mol. The zero-order valence-corrected chi connectivity index (χ0v) is 14.6. The number of amides is 1. The molecule has 0 bridgehead atoms. The highest BCUT2D eigenvalue weighted by Crippen LogP contribution is 2.32. The van der Waals surface area contributed by atoms with Crippen molar-refractivity contribution in [3.8, 4) is 5.75 Å². The van der Waals surface area contributed by atoms with E-state index in [2.05, 4.69) is 10.6 Å². The van der Waals surface area contributed by atoms with E-state index < -0.39 is 11.9 Å². The van der Waals surface area contributed by atoms with Gasteiger partial charge in [-0.15, -0.1) is 0 Å². The molecule has 1 aliphatic heterocycles. The summed E-state index contributed by atoms with van der Waals surface area (Å²) >= 11 is 0. The molecule has 1 fully saturated rings. The van der Waals surface area contributed by atoms with Crippen molar-refractivity contribution in [3.05, 3.63) is 59.7 Å². The van der Waals surface area contributed by atoms with Crippen LogP contribution < -0.4 is 15.4 Å². The van der Waals surface area contributed by atoms with Gasteiger partial charge < -0.3 is 20.5 Å². The normalized spacial score (nSPS) is 19.6. The number of carbonyl (C=O) groups excluding carboxylic acids is 1. The van der Waals surface area contributed by atoms with Crippen molar-refractivity contribution >= 4 is 17.6 Å². The lowest BCUT2D eigenvalue weighted by atomic mass is 9.81. The zero-order valence-electron chi connectivity index (χ0n) is 14.6. The zero-order chi connectivity index (χ0) is 18.5. The molecule has 0 unspecified atom stereocenters. The summed E-state index contributed by atoms with van der Waals surface area (Å²) in [5, 5.41) is 15.5. The van der Waals surface area contributed by atoms with E-state index in [4.69, 9.17) is 4.74 Å². The Labute approximate surface area is 152 Å². The van der Waals surface area contributed by atoms with Gasteiger partial charge in [-0.2, -0.15) is 0 Å². The maximum atomic E-state index is 12.4. The third kappa shape index (κ3) is 4.03. The highest BCUT2D eigenvalue weighted by molar-refractivity contribution is 6.04. The standard InChI is InChI=1S/C20H22N2O4/c1-26-16-7-5-13(6-8-16)19(23)22-15-4-2-3-14(11-15)17-9-10-21-12-18(17)20(24)25/h2-8,11,17-18,21H,9-10,12H2,1H3,(H,22,23)(H,24,25)/t17-,18+/m1/s1. The van der Waals surface area contributed by atoms with Crippen molar-refractivity contribution < 1.29 is 19.4 Å². The van der Waals surface area contributed by atoms with Crippen LogP contribution in [0.2, 0.25) is 0 Å². The predicted octanol–water partition coefficient (Wildman–Crippen LogP) is 2.73. The number of carbonyl (C=O) groups is 2. The number of benzene rings is 2. The van der Waals surface area contributed by atoms with Crippen LogP contribution in [0.5, 0.6) is 5.75 Å². The Morgan fingerprint density at radius 3 is 2.65 bits per heavy atom. The summed E-state index contributed by atoms with van der Waals surface area (Å²) in [5.74, 6) is -0.850. The molecule has 2 atom stereocenters. The maximum absolute atomic E-state index is 12.4. The Morgan fingerprint density at radius 1 is 1.19 bits per heavy atom. The van der Waals surface area contributed by atoms with Gasteiger partial charge >= 0.3 is 5.97 Å². The van der Waals surface area contributed by atoms with Crippen LogP contribution in [-0.4, -0.2) is 37.2 Å². The molecule has 0 radical (unpaired) electrons. The van der Waals surface area contributed by atoms with Crippen molar-refractivity contribution in [3.63, 3.8) is 0 Å². The number of anilines is 1. The molecule has 136 valence electrons. The van der Waals surface area contributed by atoms with Gasteiger partial charge in [-0.25, -0.2) is 0 Å². The van der Waals surface area contributed by atoms with Crippen LogP contribution in [0.15, 0.2) is 48.5 Å². The number of rotatable bonds is 5. The van der Waals surface area contributed by atoms with Crippen LogP contribution in [0.4, 0.5) is 5.69 Å². The molecular formula is C20H22N2O4. The number of ether oxygens (including phenoxy) is 1. The SMILES string of the molecule is COc1ccc(C(=O)Nc2cccc([C@H]3CCNC[C@@H]3C(=O)O)c2)cc1. The highest BCUT2D eigenvalue weighted by Gasteiger charge is 2.31. The maximum Gasteiger partial charge on any atom is 0.308 e. The van der Waals surface area contributed by atoms with E-state index >= 15 is 0 Å². The average Bonchev–Trinajstić information content (AvgIpc) is 2.68. The van der Waals surface area contributed by atoms with Gasteiger partial charge in [0.2, 0.25) is 0 Å². The van der Waals surface area contributed by atoms with Crippen LogP contribution >= 0.6 is 0 Å². The van der Waals surface area contributed by atoms with Gasteiger partial charge in [-0.3, -0.25) is 9.59 Å². The molecule has 6 nitrogen and oxygen atoms in total. The van der Waals surface area contributed by atoms with E-state index in [0.29, 0.717) is 23.5 Å². The van der Waals surface area contributed by atoms with Gasteiger partial charge in [0.1, 0.15) is 5.75 Å². The van der Waals surface area contributed by atoms with Crippen molar-refractivity contribution in [2.75, 3.05) is 25.5 Å². The summed E-state index contributed by atoms with van der Waals surface area (Å²) < 4.78 is 5.09. The first-order chi connectivity index (χ1) is 12.6. The average molecular weight is 354 g/mol. The molecule has 1 heterocycles. The molecule has 0 spiro atoms. The topological polar surface area (TPSA) is 87.7 Å². The van der Waals surface area contributed by atoms with E-state index in [1.54, 1.807) is 31.4 Å². The number of hydrogen-bond donors (Lipinski definition) is 3. The summed E-state index contributed by atoms with van der Waals surface area (Å²) in [7, 11) is 1.58. The van der Waals surface area contributed by atoms with E-state index in [9.17, 15) is 14.7 Å². The smallest absolute Gasteiger partial charge is 0.308 e. The second-order valence-electron chi connectivity index (χ2n) is 6.35. The van der Waals surface area contributed by atoms with Crippen LogP contribution in [-0.2, 0) is 4.79 Å². The highest BCUT2D eigenvalue weighted by atomic mass is 16.5. The van der Waals surface area contributed by atoms with Gasteiger partial charge in [-0.1, -0.05) is 12.1 Å². The van der Waals surface area contributed by atoms with Crippen LogP contribution in [0.1, 0.15) is 28.3 Å². The number of piperidine rings is 1. The van der Waals surface area contributed by atoms with E-state index in [1.165, 1.54) is 0 Å². The van der Waals surface area contributed by atoms with E-state index in [-0.39, 0.29) is 11.8 Å². The van der Waals surface area contributed by atoms with Crippen LogP contribution in [0.25, 0.3) is 0 Å². The Bertz CT molecular complexity index is 789. The molecule has 0 aromatic heterocycles. The number of nitrogens with one attached hydrogen (secondary N) is 2. The molecule has 2 aromatic rings. The number of carboxylic acids is 1. The molecule has 1 saturated heterocycles. The van der Waals surface area contributed by atoms with Gasteiger partial charge in [0.05, 0.1) is 13.0 Å². The fraction of sp³-hybridized carbons (Fsp3) is 0.300.